The summed E-state index contributed by atoms with van der Waals surface area (Å²) in [6, 6.07) is 4.60. The SMILES string of the molecule is COC[C@@H]1CN(c2noc3cc(O)ccc23)C(=O)O1. The third-order valence-electron chi connectivity index (χ3n) is 2.92. The summed E-state index contributed by atoms with van der Waals surface area (Å²) in [5.74, 6) is 0.468. The Hall–Kier alpha value is -2.28. The van der Waals surface area contributed by atoms with Crippen molar-refractivity contribution in [1.82, 2.24) is 5.16 Å². The van der Waals surface area contributed by atoms with Crippen LogP contribution in [0.2, 0.25) is 0 Å². The van der Waals surface area contributed by atoms with Gasteiger partial charge >= 0.3 is 6.09 Å². The summed E-state index contributed by atoms with van der Waals surface area (Å²) in [5, 5.41) is 13.9. The van der Waals surface area contributed by atoms with Crippen molar-refractivity contribution < 1.29 is 23.9 Å². The summed E-state index contributed by atoms with van der Waals surface area (Å²) in [6.07, 6.45) is -0.799. The number of cyclic esters (lactones) is 1. The Kier molecular flexibility index (Phi) is 2.75. The van der Waals surface area contributed by atoms with Gasteiger partial charge in [0.05, 0.1) is 18.5 Å². The number of phenolic OH excluding ortho intramolecular Hbond substituents is 1. The van der Waals surface area contributed by atoms with Crippen LogP contribution < -0.4 is 4.90 Å². The molecule has 0 radical (unpaired) electrons. The number of carbonyl (C=O) groups excluding carboxylic acids is 1. The van der Waals surface area contributed by atoms with Gasteiger partial charge in [-0.15, -0.1) is 0 Å². The number of hydrogen-bond acceptors (Lipinski definition) is 6. The largest absolute Gasteiger partial charge is 0.508 e. The van der Waals surface area contributed by atoms with Gasteiger partial charge in [-0.3, -0.25) is 4.90 Å². The van der Waals surface area contributed by atoms with Gasteiger partial charge < -0.3 is 19.1 Å². The summed E-state index contributed by atoms with van der Waals surface area (Å²) in [5.41, 5.74) is 0.415. The molecular weight excluding hydrogens is 252 g/mol. The van der Waals surface area contributed by atoms with Crippen molar-refractivity contribution in [3.63, 3.8) is 0 Å². The quantitative estimate of drug-likeness (QED) is 0.904. The first kappa shape index (κ1) is 11.8. The molecule has 1 saturated heterocycles. The zero-order chi connectivity index (χ0) is 13.4. The number of ether oxygens (including phenoxy) is 2. The van der Waals surface area contributed by atoms with Crippen LogP contribution >= 0.6 is 0 Å². The van der Waals surface area contributed by atoms with E-state index in [0.29, 0.717) is 29.9 Å². The smallest absolute Gasteiger partial charge is 0.416 e. The van der Waals surface area contributed by atoms with E-state index in [9.17, 15) is 9.90 Å². The van der Waals surface area contributed by atoms with Crippen molar-refractivity contribution in [2.75, 3.05) is 25.2 Å². The number of anilines is 1. The summed E-state index contributed by atoms with van der Waals surface area (Å²) >= 11 is 0. The third-order valence-corrected chi connectivity index (χ3v) is 2.92. The molecule has 1 aliphatic rings. The lowest BCUT2D eigenvalue weighted by molar-refractivity contribution is 0.0718. The van der Waals surface area contributed by atoms with Crippen LogP contribution in [0.3, 0.4) is 0 Å². The number of aromatic hydroxyl groups is 1. The van der Waals surface area contributed by atoms with Gasteiger partial charge in [0.1, 0.15) is 11.9 Å². The molecular formula is C12H12N2O5. The lowest BCUT2D eigenvalue weighted by Crippen LogP contribution is -2.26. The van der Waals surface area contributed by atoms with Crippen LogP contribution in [0.15, 0.2) is 22.7 Å². The van der Waals surface area contributed by atoms with Crippen LogP contribution in [-0.2, 0) is 9.47 Å². The number of rotatable bonds is 3. The van der Waals surface area contributed by atoms with Gasteiger partial charge in [-0.25, -0.2) is 4.79 Å². The highest BCUT2D eigenvalue weighted by Crippen LogP contribution is 2.31. The number of amides is 1. The van der Waals surface area contributed by atoms with Crippen LogP contribution in [-0.4, -0.2) is 42.7 Å². The molecule has 1 aromatic heterocycles. The Morgan fingerprint density at radius 3 is 3.21 bits per heavy atom. The molecule has 1 aliphatic heterocycles. The maximum atomic E-state index is 11.8. The van der Waals surface area contributed by atoms with E-state index in [-0.39, 0.29) is 11.9 Å². The van der Waals surface area contributed by atoms with E-state index < -0.39 is 6.09 Å². The van der Waals surface area contributed by atoms with Gasteiger partial charge in [0.25, 0.3) is 0 Å². The highest BCUT2D eigenvalue weighted by atomic mass is 16.6. The molecule has 0 spiro atoms. The maximum Gasteiger partial charge on any atom is 0.416 e. The molecule has 0 aliphatic carbocycles. The van der Waals surface area contributed by atoms with Gasteiger partial charge in [-0.2, -0.15) is 0 Å². The first-order valence-corrected chi connectivity index (χ1v) is 5.74. The molecule has 1 aromatic carbocycles. The molecule has 1 amide bonds. The molecule has 1 fully saturated rings. The van der Waals surface area contributed by atoms with Gasteiger partial charge in [0.15, 0.2) is 11.4 Å². The molecule has 7 nitrogen and oxygen atoms in total. The molecule has 2 aromatic rings. The minimum atomic E-state index is -0.481. The van der Waals surface area contributed by atoms with E-state index in [2.05, 4.69) is 5.16 Å². The molecule has 1 atom stereocenters. The van der Waals surface area contributed by atoms with Crippen molar-refractivity contribution in [2.24, 2.45) is 0 Å². The zero-order valence-corrected chi connectivity index (χ0v) is 10.2. The van der Waals surface area contributed by atoms with Crippen molar-refractivity contribution in [2.45, 2.75) is 6.10 Å². The molecule has 3 rings (SSSR count). The van der Waals surface area contributed by atoms with Gasteiger partial charge in [0.2, 0.25) is 0 Å². The third kappa shape index (κ3) is 1.97. The fourth-order valence-corrected chi connectivity index (χ4v) is 2.07. The van der Waals surface area contributed by atoms with E-state index in [1.165, 1.54) is 17.0 Å². The Morgan fingerprint density at radius 2 is 2.42 bits per heavy atom. The van der Waals surface area contributed by atoms with Gasteiger partial charge in [-0.05, 0) is 12.1 Å². The minimum Gasteiger partial charge on any atom is -0.508 e. The van der Waals surface area contributed by atoms with Gasteiger partial charge in [0, 0.05) is 13.2 Å². The van der Waals surface area contributed by atoms with Crippen molar-refractivity contribution in [3.8, 4) is 5.75 Å². The lowest BCUT2D eigenvalue weighted by atomic mass is 10.2. The first-order valence-electron chi connectivity index (χ1n) is 5.74. The zero-order valence-electron chi connectivity index (χ0n) is 10.2. The van der Waals surface area contributed by atoms with Gasteiger partial charge in [-0.1, -0.05) is 5.16 Å². The average molecular weight is 264 g/mol. The first-order chi connectivity index (χ1) is 9.19. The maximum absolute atomic E-state index is 11.8. The molecule has 19 heavy (non-hydrogen) atoms. The monoisotopic (exact) mass is 264 g/mol. The van der Waals surface area contributed by atoms with E-state index in [1.807, 2.05) is 0 Å². The van der Waals surface area contributed by atoms with Crippen LogP contribution in [0.5, 0.6) is 5.75 Å². The molecule has 0 saturated carbocycles. The van der Waals surface area contributed by atoms with Crippen LogP contribution in [0.4, 0.5) is 10.6 Å². The molecule has 0 unspecified atom stereocenters. The van der Waals surface area contributed by atoms with Crippen LogP contribution in [0.25, 0.3) is 11.0 Å². The highest BCUT2D eigenvalue weighted by Gasteiger charge is 2.35. The summed E-state index contributed by atoms with van der Waals surface area (Å²) in [7, 11) is 1.55. The van der Waals surface area contributed by atoms with Crippen molar-refractivity contribution in [1.29, 1.82) is 0 Å². The second-order valence-corrected chi connectivity index (χ2v) is 4.26. The number of phenols is 1. The van der Waals surface area contributed by atoms with E-state index >= 15 is 0 Å². The fourth-order valence-electron chi connectivity index (χ4n) is 2.07. The number of benzene rings is 1. The highest BCUT2D eigenvalue weighted by molar-refractivity contribution is 5.99. The topological polar surface area (TPSA) is 85.0 Å². The average Bonchev–Trinajstić information content (AvgIpc) is 2.93. The Balaban J connectivity index is 1.94. The van der Waals surface area contributed by atoms with Crippen molar-refractivity contribution >= 4 is 22.9 Å². The summed E-state index contributed by atoms with van der Waals surface area (Å²) in [6.45, 7) is 0.688. The number of nitrogens with zero attached hydrogens (tertiary/aromatic N) is 2. The number of carbonyl (C=O) groups is 1. The standard InChI is InChI=1S/C12H12N2O5/c1-17-6-8-5-14(12(16)18-8)11-9-3-2-7(15)4-10(9)19-13-11/h2-4,8,15H,5-6H2,1H3/t8-/m0/s1. The summed E-state index contributed by atoms with van der Waals surface area (Å²) < 4.78 is 15.2. The predicted molar refractivity (Wildman–Crippen MR) is 65.2 cm³/mol. The van der Waals surface area contributed by atoms with E-state index in [4.69, 9.17) is 14.0 Å². The summed E-state index contributed by atoms with van der Waals surface area (Å²) in [4.78, 5) is 13.2. The molecule has 7 heteroatoms. The Morgan fingerprint density at radius 1 is 1.58 bits per heavy atom. The second kappa shape index (κ2) is 4.43. The van der Waals surface area contributed by atoms with Crippen LogP contribution in [0.1, 0.15) is 0 Å². The number of aromatic nitrogens is 1. The molecule has 0 bridgehead atoms. The Bertz CT molecular complexity index is 624. The molecule has 1 N–H and O–H groups in total. The minimum absolute atomic E-state index is 0.0801. The second-order valence-electron chi connectivity index (χ2n) is 4.26. The lowest BCUT2D eigenvalue weighted by Gasteiger charge is -2.08. The molecule has 2 heterocycles. The number of methoxy groups -OCH3 is 1. The Labute approximate surface area is 108 Å². The fraction of sp³-hybridized carbons (Fsp3) is 0.333. The predicted octanol–water partition coefficient (Wildman–Crippen LogP) is 1.50. The van der Waals surface area contributed by atoms with Crippen LogP contribution in [0, 0.1) is 0 Å². The van der Waals surface area contributed by atoms with E-state index in [1.54, 1.807) is 13.2 Å². The van der Waals surface area contributed by atoms with Crippen molar-refractivity contribution in [3.05, 3.63) is 18.2 Å². The number of fused-ring (bicyclic) bond motifs is 1. The molecule has 100 valence electrons. The normalized spacial score (nSPS) is 19.1. The van der Waals surface area contributed by atoms with E-state index in [0.717, 1.165) is 0 Å². The number of hydrogen-bond donors (Lipinski definition) is 1.